The summed E-state index contributed by atoms with van der Waals surface area (Å²) in [6.45, 7) is 3.60. The number of hydrogen-bond donors (Lipinski definition) is 1. The van der Waals surface area contributed by atoms with E-state index in [1.54, 1.807) is 16.0 Å². The van der Waals surface area contributed by atoms with Gasteiger partial charge in [-0.1, -0.05) is 6.92 Å². The van der Waals surface area contributed by atoms with Crippen molar-refractivity contribution in [3.8, 4) is 5.69 Å². The first kappa shape index (κ1) is 11.2. The van der Waals surface area contributed by atoms with Crippen molar-refractivity contribution in [2.24, 2.45) is 0 Å². The highest BCUT2D eigenvalue weighted by molar-refractivity contribution is 7.16. The van der Waals surface area contributed by atoms with E-state index in [4.69, 9.17) is 0 Å². The number of thiazole rings is 1. The van der Waals surface area contributed by atoms with E-state index in [-0.39, 0.29) is 0 Å². The van der Waals surface area contributed by atoms with E-state index in [1.807, 2.05) is 17.6 Å². The molecule has 1 aromatic carbocycles. The lowest BCUT2D eigenvalue weighted by molar-refractivity contribution is 0.664. The van der Waals surface area contributed by atoms with Crippen LogP contribution in [0.2, 0.25) is 0 Å². The fourth-order valence-corrected chi connectivity index (χ4v) is 2.44. The lowest BCUT2D eigenvalue weighted by Crippen LogP contribution is -2.16. The third kappa shape index (κ3) is 1.98. The molecule has 3 aromatic rings. The van der Waals surface area contributed by atoms with Gasteiger partial charge in [-0.2, -0.15) is 4.68 Å². The molecule has 6 nitrogen and oxygen atoms in total. The molecule has 7 heteroatoms. The Morgan fingerprint density at radius 1 is 1.39 bits per heavy atom. The van der Waals surface area contributed by atoms with E-state index in [9.17, 15) is 0 Å². The van der Waals surface area contributed by atoms with E-state index in [0.717, 1.165) is 28.3 Å². The Morgan fingerprint density at radius 2 is 2.33 bits per heavy atom. The van der Waals surface area contributed by atoms with Gasteiger partial charge in [0.25, 0.3) is 0 Å². The lowest BCUT2D eigenvalue weighted by atomic mass is 10.3. The van der Waals surface area contributed by atoms with Crippen LogP contribution in [0.15, 0.2) is 23.7 Å². The van der Waals surface area contributed by atoms with Crippen molar-refractivity contribution in [2.45, 2.75) is 13.5 Å². The second-order valence-electron chi connectivity index (χ2n) is 3.79. The van der Waals surface area contributed by atoms with Crippen LogP contribution in [0.5, 0.6) is 0 Å². The van der Waals surface area contributed by atoms with Gasteiger partial charge >= 0.3 is 0 Å². The largest absolute Gasteiger partial charge is 0.310 e. The summed E-state index contributed by atoms with van der Waals surface area (Å²) >= 11 is 1.61. The third-order valence-corrected chi connectivity index (χ3v) is 3.42. The molecule has 92 valence electrons. The van der Waals surface area contributed by atoms with Crippen molar-refractivity contribution in [1.82, 2.24) is 30.5 Å². The predicted octanol–water partition coefficient (Wildman–Crippen LogP) is 1.38. The first-order valence-corrected chi connectivity index (χ1v) is 6.58. The number of nitrogens with zero attached hydrogens (tertiary/aromatic N) is 5. The molecule has 0 aliphatic rings. The number of nitrogens with one attached hydrogen (secondary N) is 1. The van der Waals surface area contributed by atoms with Gasteiger partial charge in [-0.25, -0.2) is 4.98 Å². The summed E-state index contributed by atoms with van der Waals surface area (Å²) in [5, 5.41) is 15.0. The topological polar surface area (TPSA) is 68.5 Å². The van der Waals surface area contributed by atoms with Gasteiger partial charge in [0, 0.05) is 0 Å². The van der Waals surface area contributed by atoms with Gasteiger partial charge in [-0.05, 0) is 35.2 Å². The van der Waals surface area contributed by atoms with Crippen LogP contribution < -0.4 is 5.32 Å². The molecule has 3 rings (SSSR count). The molecule has 0 radical (unpaired) electrons. The van der Waals surface area contributed by atoms with E-state index in [1.165, 1.54) is 0 Å². The predicted molar refractivity (Wildman–Crippen MR) is 69.7 cm³/mol. The van der Waals surface area contributed by atoms with E-state index in [2.05, 4.69) is 38.8 Å². The van der Waals surface area contributed by atoms with Gasteiger partial charge in [-0.15, -0.1) is 16.4 Å². The van der Waals surface area contributed by atoms with E-state index in [0.29, 0.717) is 6.54 Å². The van der Waals surface area contributed by atoms with Crippen molar-refractivity contribution in [2.75, 3.05) is 6.54 Å². The molecular weight excluding hydrogens is 248 g/mol. The molecule has 0 fully saturated rings. The smallest absolute Gasteiger partial charge is 0.170 e. The van der Waals surface area contributed by atoms with Crippen LogP contribution >= 0.6 is 11.3 Å². The summed E-state index contributed by atoms with van der Waals surface area (Å²) in [5.41, 5.74) is 3.81. The second kappa shape index (κ2) is 4.79. The number of hydrogen-bond acceptors (Lipinski definition) is 6. The number of benzene rings is 1. The summed E-state index contributed by atoms with van der Waals surface area (Å²) < 4.78 is 2.89. The first-order valence-electron chi connectivity index (χ1n) is 5.70. The standard InChI is InChI=1S/C11H12N6S/c1-2-12-6-11-14-15-16-17(11)8-3-4-9-10(5-8)18-7-13-9/h3-5,7,12H,2,6H2,1H3. The normalized spacial score (nSPS) is 11.2. The number of rotatable bonds is 4. The molecule has 2 heterocycles. The molecule has 0 unspecified atom stereocenters. The Hall–Kier alpha value is -1.86. The maximum absolute atomic E-state index is 4.26. The van der Waals surface area contributed by atoms with Crippen LogP contribution in [0.4, 0.5) is 0 Å². The zero-order valence-electron chi connectivity index (χ0n) is 9.87. The molecule has 0 aliphatic carbocycles. The van der Waals surface area contributed by atoms with Crippen LogP contribution in [0, 0.1) is 0 Å². The molecule has 18 heavy (non-hydrogen) atoms. The molecule has 1 N–H and O–H groups in total. The molecule has 0 spiro atoms. The van der Waals surface area contributed by atoms with Crippen LogP contribution in [0.3, 0.4) is 0 Å². The Bertz CT molecular complexity index is 658. The van der Waals surface area contributed by atoms with Gasteiger partial charge in [-0.3, -0.25) is 0 Å². The number of aromatic nitrogens is 5. The number of fused-ring (bicyclic) bond motifs is 1. The van der Waals surface area contributed by atoms with Gasteiger partial charge in [0.1, 0.15) is 0 Å². The minimum Gasteiger partial charge on any atom is -0.310 e. The highest BCUT2D eigenvalue weighted by Crippen LogP contribution is 2.21. The molecule has 2 aromatic heterocycles. The van der Waals surface area contributed by atoms with Crippen LogP contribution in [-0.2, 0) is 6.54 Å². The minimum atomic E-state index is 0.657. The maximum atomic E-state index is 4.26. The average molecular weight is 260 g/mol. The van der Waals surface area contributed by atoms with Gasteiger partial charge < -0.3 is 5.32 Å². The summed E-state index contributed by atoms with van der Waals surface area (Å²) in [4.78, 5) is 4.26. The Labute approximate surface area is 108 Å². The molecule has 0 bridgehead atoms. The second-order valence-corrected chi connectivity index (χ2v) is 4.68. The van der Waals surface area contributed by atoms with E-state index >= 15 is 0 Å². The van der Waals surface area contributed by atoms with Crippen molar-refractivity contribution in [3.63, 3.8) is 0 Å². The monoisotopic (exact) mass is 260 g/mol. The highest BCUT2D eigenvalue weighted by Gasteiger charge is 2.08. The fourth-order valence-electron chi connectivity index (χ4n) is 1.73. The molecule has 0 atom stereocenters. The Morgan fingerprint density at radius 3 is 3.22 bits per heavy atom. The molecular formula is C11H12N6S. The Kier molecular flexibility index (Phi) is 2.99. The maximum Gasteiger partial charge on any atom is 0.170 e. The third-order valence-electron chi connectivity index (χ3n) is 2.63. The zero-order chi connectivity index (χ0) is 12.4. The summed E-state index contributed by atoms with van der Waals surface area (Å²) in [7, 11) is 0. The first-order chi connectivity index (χ1) is 8.88. The minimum absolute atomic E-state index is 0.657. The van der Waals surface area contributed by atoms with Crippen molar-refractivity contribution >= 4 is 21.6 Å². The zero-order valence-corrected chi connectivity index (χ0v) is 10.7. The van der Waals surface area contributed by atoms with Crippen LogP contribution in [-0.4, -0.2) is 31.7 Å². The highest BCUT2D eigenvalue weighted by atomic mass is 32.1. The summed E-state index contributed by atoms with van der Waals surface area (Å²) in [6, 6.07) is 6.02. The van der Waals surface area contributed by atoms with E-state index < -0.39 is 0 Å². The van der Waals surface area contributed by atoms with Gasteiger partial charge in [0.05, 0.1) is 28.0 Å². The molecule has 0 saturated heterocycles. The van der Waals surface area contributed by atoms with Crippen LogP contribution in [0.25, 0.3) is 15.9 Å². The average Bonchev–Trinajstić information content (AvgIpc) is 3.03. The van der Waals surface area contributed by atoms with Crippen LogP contribution in [0.1, 0.15) is 12.7 Å². The Balaban J connectivity index is 2.00. The van der Waals surface area contributed by atoms with Crippen molar-refractivity contribution in [3.05, 3.63) is 29.5 Å². The van der Waals surface area contributed by atoms with Gasteiger partial charge in [0.2, 0.25) is 0 Å². The molecule has 0 amide bonds. The SMILES string of the molecule is CCNCc1nnnn1-c1ccc2ncsc2c1. The lowest BCUT2D eigenvalue weighted by Gasteiger charge is -2.04. The summed E-state index contributed by atoms with van der Waals surface area (Å²) in [5.74, 6) is 0.806. The number of tetrazole rings is 1. The fraction of sp³-hybridized carbons (Fsp3) is 0.273. The molecule has 0 aliphatic heterocycles. The quantitative estimate of drug-likeness (QED) is 0.767. The van der Waals surface area contributed by atoms with Crippen molar-refractivity contribution in [1.29, 1.82) is 0 Å². The van der Waals surface area contributed by atoms with Crippen molar-refractivity contribution < 1.29 is 0 Å². The van der Waals surface area contributed by atoms with Gasteiger partial charge in [0.15, 0.2) is 5.82 Å². The molecule has 0 saturated carbocycles. The summed E-state index contributed by atoms with van der Waals surface area (Å²) in [6.07, 6.45) is 0.